The fourth-order valence-corrected chi connectivity index (χ4v) is 1.80. The topological polar surface area (TPSA) is 34.4 Å². The van der Waals surface area contributed by atoms with Gasteiger partial charge in [0, 0.05) is 5.39 Å². The van der Waals surface area contributed by atoms with E-state index < -0.39 is 0 Å². The van der Waals surface area contributed by atoms with Gasteiger partial charge < -0.3 is 14.5 Å². The van der Waals surface area contributed by atoms with Crippen LogP contribution in [0, 0.1) is 6.92 Å². The average Bonchev–Trinajstić information content (AvgIpc) is 2.67. The molecule has 86 valence electrons. The van der Waals surface area contributed by atoms with Crippen molar-refractivity contribution >= 4 is 11.0 Å². The van der Waals surface area contributed by atoms with E-state index in [1.807, 2.05) is 6.07 Å². The molecule has 3 heteroatoms. The molecule has 0 fully saturated rings. The van der Waals surface area contributed by atoms with E-state index in [1.165, 1.54) is 5.56 Å². The summed E-state index contributed by atoms with van der Waals surface area (Å²) in [7, 11) is 1.67. The fourth-order valence-electron chi connectivity index (χ4n) is 1.80. The monoisotopic (exact) mass is 219 g/mol. The molecule has 2 aromatic rings. The van der Waals surface area contributed by atoms with Crippen molar-refractivity contribution < 1.29 is 9.15 Å². The van der Waals surface area contributed by atoms with Gasteiger partial charge in [-0.3, -0.25) is 0 Å². The second kappa shape index (κ2) is 4.58. The molecule has 0 saturated heterocycles. The van der Waals surface area contributed by atoms with E-state index in [0.717, 1.165) is 35.6 Å². The maximum atomic E-state index is 5.76. The Bertz CT molecular complexity index is 488. The molecule has 0 aliphatic heterocycles. The summed E-state index contributed by atoms with van der Waals surface area (Å²) in [5, 5.41) is 4.34. The van der Waals surface area contributed by atoms with Crippen molar-refractivity contribution in [3.63, 3.8) is 0 Å². The van der Waals surface area contributed by atoms with Gasteiger partial charge in [0.1, 0.15) is 5.76 Å². The molecule has 0 aliphatic rings. The van der Waals surface area contributed by atoms with Crippen LogP contribution in [-0.2, 0) is 6.54 Å². The Morgan fingerprint density at radius 2 is 2.12 bits per heavy atom. The second-order valence-corrected chi connectivity index (χ2v) is 3.88. The van der Waals surface area contributed by atoms with Crippen LogP contribution in [0.2, 0.25) is 0 Å². The molecule has 0 atom stereocenters. The molecule has 0 aliphatic carbocycles. The predicted molar refractivity (Wildman–Crippen MR) is 64.9 cm³/mol. The van der Waals surface area contributed by atoms with Crippen LogP contribution in [-0.4, -0.2) is 13.7 Å². The van der Waals surface area contributed by atoms with Gasteiger partial charge in [-0.1, -0.05) is 6.92 Å². The molecule has 0 radical (unpaired) electrons. The molecule has 0 bridgehead atoms. The molecule has 16 heavy (non-hydrogen) atoms. The second-order valence-electron chi connectivity index (χ2n) is 3.88. The number of hydrogen-bond acceptors (Lipinski definition) is 3. The number of aryl methyl sites for hydroxylation is 1. The summed E-state index contributed by atoms with van der Waals surface area (Å²) in [6, 6.07) is 6.16. The first-order valence-electron chi connectivity index (χ1n) is 5.52. The number of methoxy groups -OCH3 is 1. The zero-order chi connectivity index (χ0) is 11.5. The summed E-state index contributed by atoms with van der Waals surface area (Å²) in [6.07, 6.45) is 0. The number of ether oxygens (including phenoxy) is 1. The van der Waals surface area contributed by atoms with Gasteiger partial charge in [0.05, 0.1) is 13.7 Å². The van der Waals surface area contributed by atoms with Crippen molar-refractivity contribution in [2.24, 2.45) is 0 Å². The molecule has 1 N–H and O–H groups in total. The van der Waals surface area contributed by atoms with Gasteiger partial charge in [-0.25, -0.2) is 0 Å². The summed E-state index contributed by atoms with van der Waals surface area (Å²) in [5.41, 5.74) is 2.01. The van der Waals surface area contributed by atoms with Crippen molar-refractivity contribution in [2.45, 2.75) is 20.4 Å². The number of nitrogens with one attached hydrogen (secondary N) is 1. The number of benzene rings is 1. The smallest absolute Gasteiger partial charge is 0.176 e. The standard InChI is InChI=1S/C13H17NO2/c1-4-14-8-11-7-10-5-9(2)6-12(15-3)13(10)16-11/h5-7,14H,4,8H2,1-3H3. The van der Waals surface area contributed by atoms with Crippen molar-refractivity contribution in [3.8, 4) is 5.75 Å². The molecule has 1 aromatic carbocycles. The first-order chi connectivity index (χ1) is 7.74. The Hall–Kier alpha value is -1.48. The van der Waals surface area contributed by atoms with Crippen molar-refractivity contribution in [3.05, 3.63) is 29.5 Å². The van der Waals surface area contributed by atoms with Gasteiger partial charge in [0.25, 0.3) is 0 Å². The lowest BCUT2D eigenvalue weighted by molar-refractivity contribution is 0.406. The highest BCUT2D eigenvalue weighted by Crippen LogP contribution is 2.30. The van der Waals surface area contributed by atoms with Gasteiger partial charge in [-0.05, 0) is 37.2 Å². The third-order valence-electron chi connectivity index (χ3n) is 2.55. The Morgan fingerprint density at radius 1 is 1.31 bits per heavy atom. The maximum Gasteiger partial charge on any atom is 0.176 e. The molecule has 0 unspecified atom stereocenters. The third kappa shape index (κ3) is 2.04. The van der Waals surface area contributed by atoms with E-state index in [2.05, 4.69) is 31.3 Å². The molecular formula is C13H17NO2. The van der Waals surface area contributed by atoms with Crippen molar-refractivity contribution in [1.82, 2.24) is 5.32 Å². The Labute approximate surface area is 95.4 Å². The SMILES string of the molecule is CCNCc1cc2cc(C)cc(OC)c2o1. The fraction of sp³-hybridized carbons (Fsp3) is 0.385. The van der Waals surface area contributed by atoms with Crippen LogP contribution in [0.1, 0.15) is 18.2 Å². The van der Waals surface area contributed by atoms with Gasteiger partial charge in [0.2, 0.25) is 0 Å². The molecule has 3 nitrogen and oxygen atoms in total. The number of rotatable bonds is 4. The van der Waals surface area contributed by atoms with E-state index in [-0.39, 0.29) is 0 Å². The normalized spacial score (nSPS) is 10.9. The van der Waals surface area contributed by atoms with Crippen molar-refractivity contribution in [2.75, 3.05) is 13.7 Å². The maximum absolute atomic E-state index is 5.76. The van der Waals surface area contributed by atoms with Crippen LogP contribution >= 0.6 is 0 Å². The first-order valence-corrected chi connectivity index (χ1v) is 5.52. The third-order valence-corrected chi connectivity index (χ3v) is 2.55. The van der Waals surface area contributed by atoms with E-state index >= 15 is 0 Å². The van der Waals surface area contributed by atoms with Crippen molar-refractivity contribution in [1.29, 1.82) is 0 Å². The quantitative estimate of drug-likeness (QED) is 0.858. The average molecular weight is 219 g/mol. The first kappa shape index (κ1) is 11.0. The van der Waals surface area contributed by atoms with Crippen LogP contribution < -0.4 is 10.1 Å². The highest BCUT2D eigenvalue weighted by atomic mass is 16.5. The van der Waals surface area contributed by atoms with Gasteiger partial charge >= 0.3 is 0 Å². The van der Waals surface area contributed by atoms with Crippen LogP contribution in [0.4, 0.5) is 0 Å². The van der Waals surface area contributed by atoms with E-state index in [0.29, 0.717) is 0 Å². The zero-order valence-corrected chi connectivity index (χ0v) is 9.96. The minimum atomic E-state index is 0.757. The molecular weight excluding hydrogens is 202 g/mol. The van der Waals surface area contributed by atoms with Crippen LogP contribution in [0.3, 0.4) is 0 Å². The molecule has 2 rings (SSSR count). The lowest BCUT2D eigenvalue weighted by Crippen LogP contribution is -2.10. The van der Waals surface area contributed by atoms with Crippen LogP contribution in [0.5, 0.6) is 5.75 Å². The highest BCUT2D eigenvalue weighted by Gasteiger charge is 2.09. The summed E-state index contributed by atoms with van der Waals surface area (Å²) in [5.74, 6) is 1.75. The Kier molecular flexibility index (Phi) is 3.15. The van der Waals surface area contributed by atoms with E-state index in [4.69, 9.17) is 9.15 Å². The number of furan rings is 1. The van der Waals surface area contributed by atoms with Gasteiger partial charge in [0.15, 0.2) is 11.3 Å². The Morgan fingerprint density at radius 3 is 2.81 bits per heavy atom. The molecule has 0 saturated carbocycles. The molecule has 1 heterocycles. The zero-order valence-electron chi connectivity index (χ0n) is 9.96. The largest absolute Gasteiger partial charge is 0.493 e. The van der Waals surface area contributed by atoms with Crippen LogP contribution in [0.15, 0.2) is 22.6 Å². The van der Waals surface area contributed by atoms with E-state index in [1.54, 1.807) is 7.11 Å². The van der Waals surface area contributed by atoms with Crippen LogP contribution in [0.25, 0.3) is 11.0 Å². The summed E-state index contributed by atoms with van der Waals surface area (Å²) in [4.78, 5) is 0. The summed E-state index contributed by atoms with van der Waals surface area (Å²) < 4.78 is 11.1. The molecule has 0 spiro atoms. The Balaban J connectivity index is 2.43. The molecule has 0 amide bonds. The lowest BCUT2D eigenvalue weighted by Gasteiger charge is -2.01. The lowest BCUT2D eigenvalue weighted by atomic mass is 10.1. The number of fused-ring (bicyclic) bond motifs is 1. The van der Waals surface area contributed by atoms with Gasteiger partial charge in [-0.2, -0.15) is 0 Å². The van der Waals surface area contributed by atoms with E-state index in [9.17, 15) is 0 Å². The predicted octanol–water partition coefficient (Wildman–Crippen LogP) is 2.86. The number of hydrogen-bond donors (Lipinski definition) is 1. The van der Waals surface area contributed by atoms with Gasteiger partial charge in [-0.15, -0.1) is 0 Å². The summed E-state index contributed by atoms with van der Waals surface area (Å²) in [6.45, 7) is 5.83. The minimum absolute atomic E-state index is 0.757. The minimum Gasteiger partial charge on any atom is -0.493 e. The summed E-state index contributed by atoms with van der Waals surface area (Å²) >= 11 is 0. The highest BCUT2D eigenvalue weighted by molar-refractivity contribution is 5.84. The molecule has 1 aromatic heterocycles.